The monoisotopic (exact) mass is 287 g/mol. The lowest BCUT2D eigenvalue weighted by molar-refractivity contribution is 0.0695. The van der Waals surface area contributed by atoms with Crippen molar-refractivity contribution in [2.24, 2.45) is 7.05 Å². The van der Waals surface area contributed by atoms with Crippen LogP contribution in [0.5, 0.6) is 0 Å². The van der Waals surface area contributed by atoms with Crippen LogP contribution < -0.4 is 0 Å². The summed E-state index contributed by atoms with van der Waals surface area (Å²) in [5, 5.41) is 4.93. The van der Waals surface area contributed by atoms with Crippen molar-refractivity contribution in [3.8, 4) is 0 Å². The van der Waals surface area contributed by atoms with Crippen LogP contribution in [0.4, 0.5) is 0 Å². The summed E-state index contributed by atoms with van der Waals surface area (Å²) >= 11 is 3.38. The average molecular weight is 288 g/mol. The lowest BCUT2D eigenvalue weighted by atomic mass is 10.2. The number of aryl methyl sites for hydroxylation is 1. The molecule has 1 heterocycles. The first-order valence-corrected chi connectivity index (χ1v) is 6.55. The molecule has 0 N–H and O–H groups in total. The third-order valence-corrected chi connectivity index (χ3v) is 3.02. The Labute approximate surface area is 105 Å². The summed E-state index contributed by atoms with van der Waals surface area (Å²) in [5.41, 5.74) is 0.642. The molecule has 1 amide bonds. The summed E-state index contributed by atoms with van der Waals surface area (Å²) in [5.74, 6) is 0.0518. The molecule has 4 nitrogen and oxygen atoms in total. The molecule has 90 valence electrons. The minimum absolute atomic E-state index is 0.0518. The summed E-state index contributed by atoms with van der Waals surface area (Å²) in [6, 6.07) is 1.97. The molecule has 0 aromatic carbocycles. The van der Waals surface area contributed by atoms with Gasteiger partial charge in [-0.1, -0.05) is 15.9 Å². The molecule has 1 aromatic rings. The zero-order valence-electron chi connectivity index (χ0n) is 9.98. The Morgan fingerprint density at radius 3 is 2.75 bits per heavy atom. The number of amides is 1. The van der Waals surface area contributed by atoms with Gasteiger partial charge < -0.3 is 4.90 Å². The lowest BCUT2D eigenvalue weighted by Gasteiger charge is -2.26. The number of rotatable bonds is 5. The summed E-state index contributed by atoms with van der Waals surface area (Å²) in [6.45, 7) is 4.83. The van der Waals surface area contributed by atoms with Crippen LogP contribution in [-0.2, 0) is 7.05 Å². The van der Waals surface area contributed by atoms with Crippen molar-refractivity contribution in [3.05, 3.63) is 18.0 Å². The summed E-state index contributed by atoms with van der Waals surface area (Å²) < 4.78 is 1.62. The van der Waals surface area contributed by atoms with E-state index in [0.29, 0.717) is 5.69 Å². The minimum atomic E-state index is 0.0518. The van der Waals surface area contributed by atoms with Gasteiger partial charge in [-0.05, 0) is 26.3 Å². The molecule has 0 aliphatic heterocycles. The highest BCUT2D eigenvalue weighted by atomic mass is 79.9. The third kappa shape index (κ3) is 3.07. The van der Waals surface area contributed by atoms with E-state index >= 15 is 0 Å². The van der Waals surface area contributed by atoms with Crippen LogP contribution in [0.25, 0.3) is 0 Å². The second-order valence-corrected chi connectivity index (χ2v) is 4.77. The number of hydrogen-bond donors (Lipinski definition) is 0. The van der Waals surface area contributed by atoms with E-state index < -0.39 is 0 Å². The van der Waals surface area contributed by atoms with Gasteiger partial charge in [0.1, 0.15) is 5.69 Å². The zero-order valence-corrected chi connectivity index (χ0v) is 11.6. The van der Waals surface area contributed by atoms with Crippen LogP contribution in [0.2, 0.25) is 0 Å². The highest BCUT2D eigenvalue weighted by Crippen LogP contribution is 2.08. The number of nitrogens with zero attached hydrogens (tertiary/aromatic N) is 3. The van der Waals surface area contributed by atoms with Gasteiger partial charge >= 0.3 is 0 Å². The Bertz CT molecular complexity index is 349. The molecular weight excluding hydrogens is 270 g/mol. The summed E-state index contributed by atoms with van der Waals surface area (Å²) in [4.78, 5) is 14.1. The molecule has 0 spiro atoms. The predicted molar refractivity (Wildman–Crippen MR) is 67.8 cm³/mol. The molecule has 5 heteroatoms. The maximum absolute atomic E-state index is 12.2. The van der Waals surface area contributed by atoms with E-state index in [1.165, 1.54) is 0 Å². The SMILES string of the molecule is CC(C)N(CCCBr)C(=O)c1ccnn1C. The van der Waals surface area contributed by atoms with Crippen molar-refractivity contribution in [2.75, 3.05) is 11.9 Å². The predicted octanol–water partition coefficient (Wildman–Crippen LogP) is 2.06. The van der Waals surface area contributed by atoms with Crippen LogP contribution in [-0.4, -0.2) is 38.5 Å². The standard InChI is InChI=1S/C11H18BrN3O/c1-9(2)15(8-4-6-12)11(16)10-5-7-13-14(10)3/h5,7,9H,4,6,8H2,1-3H3. The van der Waals surface area contributed by atoms with E-state index in [1.807, 2.05) is 18.7 Å². The van der Waals surface area contributed by atoms with Gasteiger partial charge in [-0.3, -0.25) is 9.48 Å². The van der Waals surface area contributed by atoms with Crippen molar-refractivity contribution in [1.29, 1.82) is 0 Å². The molecule has 0 saturated heterocycles. The first-order chi connectivity index (χ1) is 7.57. The van der Waals surface area contributed by atoms with Crippen molar-refractivity contribution < 1.29 is 4.79 Å². The number of aromatic nitrogens is 2. The second-order valence-electron chi connectivity index (χ2n) is 3.97. The second kappa shape index (κ2) is 6.03. The summed E-state index contributed by atoms with van der Waals surface area (Å²) in [7, 11) is 1.79. The number of carbonyl (C=O) groups excluding carboxylic acids is 1. The van der Waals surface area contributed by atoms with Crippen molar-refractivity contribution >= 4 is 21.8 Å². The highest BCUT2D eigenvalue weighted by Gasteiger charge is 2.20. The molecule has 1 rings (SSSR count). The van der Waals surface area contributed by atoms with Gasteiger partial charge in [0, 0.05) is 31.2 Å². The van der Waals surface area contributed by atoms with Crippen LogP contribution in [0.3, 0.4) is 0 Å². The van der Waals surface area contributed by atoms with E-state index in [9.17, 15) is 4.79 Å². The average Bonchev–Trinajstić information content (AvgIpc) is 2.64. The first-order valence-electron chi connectivity index (χ1n) is 5.43. The third-order valence-electron chi connectivity index (χ3n) is 2.46. The Morgan fingerprint density at radius 1 is 1.62 bits per heavy atom. The van der Waals surface area contributed by atoms with Crippen molar-refractivity contribution in [3.63, 3.8) is 0 Å². The maximum Gasteiger partial charge on any atom is 0.272 e. The molecule has 0 atom stereocenters. The number of hydrogen-bond acceptors (Lipinski definition) is 2. The van der Waals surface area contributed by atoms with E-state index in [0.717, 1.165) is 18.3 Å². The fourth-order valence-electron chi connectivity index (χ4n) is 1.56. The van der Waals surface area contributed by atoms with Gasteiger partial charge in [0.2, 0.25) is 0 Å². The molecule has 1 aromatic heterocycles. The van der Waals surface area contributed by atoms with Gasteiger partial charge in [-0.15, -0.1) is 0 Å². The molecule has 0 unspecified atom stereocenters. The van der Waals surface area contributed by atoms with E-state index in [2.05, 4.69) is 21.0 Å². The van der Waals surface area contributed by atoms with Gasteiger partial charge in [0.25, 0.3) is 5.91 Å². The van der Waals surface area contributed by atoms with Gasteiger partial charge in [0.05, 0.1) is 0 Å². The van der Waals surface area contributed by atoms with Crippen LogP contribution >= 0.6 is 15.9 Å². The van der Waals surface area contributed by atoms with Crippen LogP contribution in [0.1, 0.15) is 30.8 Å². The van der Waals surface area contributed by atoms with E-state index in [4.69, 9.17) is 0 Å². The van der Waals surface area contributed by atoms with E-state index in [1.54, 1.807) is 24.0 Å². The molecule has 16 heavy (non-hydrogen) atoms. The lowest BCUT2D eigenvalue weighted by Crippen LogP contribution is -2.38. The molecule has 0 saturated carbocycles. The van der Waals surface area contributed by atoms with Gasteiger partial charge in [-0.25, -0.2) is 0 Å². The van der Waals surface area contributed by atoms with Crippen LogP contribution in [0, 0.1) is 0 Å². The van der Waals surface area contributed by atoms with E-state index in [-0.39, 0.29) is 11.9 Å². The summed E-state index contributed by atoms with van der Waals surface area (Å²) in [6.07, 6.45) is 2.61. The zero-order chi connectivity index (χ0) is 12.1. The van der Waals surface area contributed by atoms with Crippen molar-refractivity contribution in [1.82, 2.24) is 14.7 Å². The quantitative estimate of drug-likeness (QED) is 0.778. The number of carbonyl (C=O) groups is 1. The Kier molecular flexibility index (Phi) is 4.99. The van der Waals surface area contributed by atoms with Gasteiger partial charge in [-0.2, -0.15) is 5.10 Å². The largest absolute Gasteiger partial charge is 0.335 e. The fraction of sp³-hybridized carbons (Fsp3) is 0.636. The van der Waals surface area contributed by atoms with Crippen molar-refractivity contribution in [2.45, 2.75) is 26.3 Å². The van der Waals surface area contributed by atoms with Crippen LogP contribution in [0.15, 0.2) is 12.3 Å². The minimum Gasteiger partial charge on any atom is -0.335 e. The Hall–Kier alpha value is -0.840. The molecular formula is C11H18BrN3O. The molecule has 0 fully saturated rings. The maximum atomic E-state index is 12.2. The topological polar surface area (TPSA) is 38.1 Å². The molecule has 0 bridgehead atoms. The fourth-order valence-corrected chi connectivity index (χ4v) is 1.81. The normalized spacial score (nSPS) is 10.8. The molecule has 0 aliphatic carbocycles. The first kappa shape index (κ1) is 13.2. The molecule has 0 aliphatic rings. The Morgan fingerprint density at radius 2 is 2.31 bits per heavy atom. The number of halogens is 1. The van der Waals surface area contributed by atoms with Gasteiger partial charge in [0.15, 0.2) is 0 Å². The Balaban J connectivity index is 2.79. The molecule has 0 radical (unpaired) electrons. The smallest absolute Gasteiger partial charge is 0.272 e. The number of alkyl halides is 1. The highest BCUT2D eigenvalue weighted by molar-refractivity contribution is 9.09.